The van der Waals surface area contributed by atoms with Crippen LogP contribution in [0.15, 0.2) is 21.9 Å². The topological polar surface area (TPSA) is 105 Å². The molecule has 4 rings (SSSR count). The lowest BCUT2D eigenvalue weighted by Gasteiger charge is -2.23. The molecule has 3 amide bonds. The molecule has 8 nitrogen and oxygen atoms in total. The summed E-state index contributed by atoms with van der Waals surface area (Å²) in [6.07, 6.45) is 4.68. The van der Waals surface area contributed by atoms with Crippen LogP contribution in [-0.2, 0) is 20.9 Å². The molecule has 1 aliphatic carbocycles. The Balaban J connectivity index is 1.35. The number of rotatable bonds is 6. The van der Waals surface area contributed by atoms with E-state index in [-0.39, 0.29) is 30.1 Å². The molecule has 9 heteroatoms. The van der Waals surface area contributed by atoms with E-state index >= 15 is 0 Å². The number of likely N-dealkylation sites (tertiary alicyclic amines) is 1. The van der Waals surface area contributed by atoms with E-state index in [9.17, 15) is 14.4 Å². The van der Waals surface area contributed by atoms with Gasteiger partial charge in [-0.25, -0.2) is 4.98 Å². The SMILES string of the molecule is CC(=O)NCc1ccc(-c2csc(NC(=O)C3CC(=O)N(C4CCCC4)C3)n2)o1. The van der Waals surface area contributed by atoms with E-state index in [1.54, 1.807) is 17.5 Å². The van der Waals surface area contributed by atoms with Gasteiger partial charge in [0.05, 0.1) is 12.5 Å². The third kappa shape index (κ3) is 4.50. The molecule has 0 bridgehead atoms. The van der Waals surface area contributed by atoms with E-state index in [4.69, 9.17) is 4.42 Å². The first-order valence-corrected chi connectivity index (χ1v) is 10.8. The average molecular weight is 417 g/mol. The maximum Gasteiger partial charge on any atom is 0.231 e. The Bertz CT molecular complexity index is 915. The third-order valence-electron chi connectivity index (χ3n) is 5.45. The van der Waals surface area contributed by atoms with Crippen LogP contribution in [0, 0.1) is 5.92 Å². The molecule has 1 saturated heterocycles. The first-order valence-electron chi connectivity index (χ1n) is 9.89. The van der Waals surface area contributed by atoms with Crippen LogP contribution in [0.1, 0.15) is 44.8 Å². The summed E-state index contributed by atoms with van der Waals surface area (Å²) in [7, 11) is 0. The smallest absolute Gasteiger partial charge is 0.231 e. The summed E-state index contributed by atoms with van der Waals surface area (Å²) in [6, 6.07) is 3.87. The Morgan fingerprint density at radius 1 is 1.31 bits per heavy atom. The number of thiazole rings is 1. The lowest BCUT2D eigenvalue weighted by Crippen LogP contribution is -2.35. The molecule has 1 aliphatic heterocycles. The van der Waals surface area contributed by atoms with Gasteiger partial charge in [-0.15, -0.1) is 11.3 Å². The first kappa shape index (κ1) is 19.6. The Labute approximate surface area is 172 Å². The summed E-state index contributed by atoms with van der Waals surface area (Å²) < 4.78 is 5.69. The molecule has 2 N–H and O–H groups in total. The van der Waals surface area contributed by atoms with Crippen LogP contribution in [0.4, 0.5) is 5.13 Å². The molecule has 2 aliphatic rings. The fourth-order valence-electron chi connectivity index (χ4n) is 3.95. The number of furan rings is 1. The summed E-state index contributed by atoms with van der Waals surface area (Å²) in [5.41, 5.74) is 0.620. The van der Waals surface area contributed by atoms with Crippen molar-refractivity contribution in [2.24, 2.45) is 5.92 Å². The van der Waals surface area contributed by atoms with E-state index in [0.717, 1.165) is 25.7 Å². The van der Waals surface area contributed by atoms with Gasteiger partial charge >= 0.3 is 0 Å². The van der Waals surface area contributed by atoms with Gasteiger partial charge in [-0.1, -0.05) is 12.8 Å². The molecular weight excluding hydrogens is 392 g/mol. The number of nitrogens with one attached hydrogen (secondary N) is 2. The summed E-state index contributed by atoms with van der Waals surface area (Å²) in [5, 5.41) is 7.81. The molecule has 0 radical (unpaired) electrons. The van der Waals surface area contributed by atoms with Gasteiger partial charge in [-0.2, -0.15) is 0 Å². The van der Waals surface area contributed by atoms with Gasteiger partial charge in [-0.05, 0) is 25.0 Å². The number of hydrogen-bond donors (Lipinski definition) is 2. The molecular formula is C20H24N4O4S. The highest BCUT2D eigenvalue weighted by Gasteiger charge is 2.38. The maximum atomic E-state index is 12.6. The highest BCUT2D eigenvalue weighted by molar-refractivity contribution is 7.14. The summed E-state index contributed by atoms with van der Waals surface area (Å²) in [6.45, 7) is 2.26. The first-order chi connectivity index (χ1) is 14.0. The molecule has 29 heavy (non-hydrogen) atoms. The van der Waals surface area contributed by atoms with Crippen molar-refractivity contribution in [3.05, 3.63) is 23.3 Å². The van der Waals surface area contributed by atoms with Crippen LogP contribution >= 0.6 is 11.3 Å². The summed E-state index contributed by atoms with van der Waals surface area (Å²) >= 11 is 1.31. The normalized spacial score (nSPS) is 19.7. The molecule has 3 heterocycles. The number of nitrogens with zero attached hydrogens (tertiary/aromatic N) is 2. The lowest BCUT2D eigenvalue weighted by molar-refractivity contribution is -0.130. The molecule has 2 aromatic heterocycles. The minimum Gasteiger partial charge on any atom is -0.458 e. The fraction of sp³-hybridized carbons (Fsp3) is 0.500. The second-order valence-electron chi connectivity index (χ2n) is 7.59. The Hall–Kier alpha value is -2.68. The lowest BCUT2D eigenvalue weighted by atomic mass is 10.1. The average Bonchev–Trinajstić information content (AvgIpc) is 3.46. The Morgan fingerprint density at radius 3 is 2.86 bits per heavy atom. The number of anilines is 1. The zero-order chi connectivity index (χ0) is 20.4. The van der Waals surface area contributed by atoms with Gasteiger partial charge in [0, 0.05) is 31.3 Å². The second kappa shape index (κ2) is 8.36. The van der Waals surface area contributed by atoms with E-state index in [1.807, 2.05) is 4.90 Å². The number of amides is 3. The van der Waals surface area contributed by atoms with E-state index in [2.05, 4.69) is 15.6 Å². The largest absolute Gasteiger partial charge is 0.458 e. The van der Waals surface area contributed by atoms with Crippen LogP contribution in [-0.4, -0.2) is 40.2 Å². The van der Waals surface area contributed by atoms with Gasteiger partial charge in [0.25, 0.3) is 0 Å². The van der Waals surface area contributed by atoms with Crippen LogP contribution in [0.5, 0.6) is 0 Å². The van der Waals surface area contributed by atoms with Crippen molar-refractivity contribution in [1.29, 1.82) is 0 Å². The monoisotopic (exact) mass is 416 g/mol. The fourth-order valence-corrected chi connectivity index (χ4v) is 4.65. The van der Waals surface area contributed by atoms with Gasteiger partial charge < -0.3 is 20.0 Å². The molecule has 154 valence electrons. The van der Waals surface area contributed by atoms with Crippen LogP contribution < -0.4 is 10.6 Å². The van der Waals surface area contributed by atoms with Crippen molar-refractivity contribution < 1.29 is 18.8 Å². The van der Waals surface area contributed by atoms with Gasteiger partial charge in [0.15, 0.2) is 10.9 Å². The van der Waals surface area contributed by atoms with Crippen molar-refractivity contribution in [3.63, 3.8) is 0 Å². The van der Waals surface area contributed by atoms with E-state index in [0.29, 0.717) is 41.5 Å². The van der Waals surface area contributed by atoms with Gasteiger partial charge in [0.2, 0.25) is 17.7 Å². The minimum absolute atomic E-state index is 0.0826. The van der Waals surface area contributed by atoms with Crippen molar-refractivity contribution in [3.8, 4) is 11.5 Å². The second-order valence-corrected chi connectivity index (χ2v) is 8.45. The standard InChI is InChI=1S/C20H24N4O4S/c1-12(25)21-9-15-6-7-17(28-15)16-11-29-20(22-16)23-19(27)13-8-18(26)24(10-13)14-4-2-3-5-14/h6-7,11,13-14H,2-5,8-10H2,1H3,(H,21,25)(H,22,23,27). The molecule has 1 saturated carbocycles. The van der Waals surface area contributed by atoms with Crippen LogP contribution in [0.3, 0.4) is 0 Å². The molecule has 0 spiro atoms. The zero-order valence-electron chi connectivity index (χ0n) is 16.3. The zero-order valence-corrected chi connectivity index (χ0v) is 17.1. The van der Waals surface area contributed by atoms with E-state index in [1.165, 1.54) is 18.3 Å². The van der Waals surface area contributed by atoms with Crippen molar-refractivity contribution in [2.45, 2.75) is 51.6 Å². The predicted octanol–water partition coefficient (Wildman–Crippen LogP) is 2.77. The number of carbonyl (C=O) groups is 3. The minimum atomic E-state index is -0.330. The predicted molar refractivity (Wildman–Crippen MR) is 108 cm³/mol. The molecule has 1 atom stereocenters. The third-order valence-corrected chi connectivity index (χ3v) is 6.21. The van der Waals surface area contributed by atoms with E-state index < -0.39 is 0 Å². The quantitative estimate of drug-likeness (QED) is 0.753. The molecule has 2 aromatic rings. The molecule has 0 aromatic carbocycles. The van der Waals surface area contributed by atoms with Crippen LogP contribution in [0.25, 0.3) is 11.5 Å². The highest BCUT2D eigenvalue weighted by Crippen LogP contribution is 2.31. The molecule has 1 unspecified atom stereocenters. The maximum absolute atomic E-state index is 12.6. The van der Waals surface area contributed by atoms with Crippen LogP contribution in [0.2, 0.25) is 0 Å². The summed E-state index contributed by atoms with van der Waals surface area (Å²) in [4.78, 5) is 42.3. The van der Waals surface area contributed by atoms with Gasteiger partial charge in [0.1, 0.15) is 11.5 Å². The van der Waals surface area contributed by atoms with Crippen molar-refractivity contribution in [1.82, 2.24) is 15.2 Å². The van der Waals surface area contributed by atoms with Crippen molar-refractivity contribution >= 4 is 34.2 Å². The Morgan fingerprint density at radius 2 is 2.10 bits per heavy atom. The summed E-state index contributed by atoms with van der Waals surface area (Å²) in [5.74, 6) is 0.669. The Kier molecular flexibility index (Phi) is 5.66. The number of carbonyl (C=O) groups excluding carboxylic acids is 3. The molecule has 2 fully saturated rings. The number of aromatic nitrogens is 1. The number of hydrogen-bond acceptors (Lipinski definition) is 6. The van der Waals surface area contributed by atoms with Crippen molar-refractivity contribution in [2.75, 3.05) is 11.9 Å². The highest BCUT2D eigenvalue weighted by atomic mass is 32.1. The van der Waals surface area contributed by atoms with Gasteiger partial charge in [-0.3, -0.25) is 14.4 Å².